The summed E-state index contributed by atoms with van der Waals surface area (Å²) < 4.78 is 0.974. The van der Waals surface area contributed by atoms with E-state index in [4.69, 9.17) is 11.6 Å². The molecule has 2 aromatic carbocycles. The second-order valence-electron chi connectivity index (χ2n) is 4.70. The van der Waals surface area contributed by atoms with Crippen LogP contribution in [0.1, 0.15) is 21.5 Å². The topological polar surface area (TPSA) is 41.1 Å². The number of carbonyl (C=O) groups excluding carboxylic acids is 1. The molecule has 0 spiro atoms. The lowest BCUT2D eigenvalue weighted by Gasteiger charge is -2.12. The van der Waals surface area contributed by atoms with Crippen molar-refractivity contribution in [3.63, 3.8) is 0 Å². The van der Waals surface area contributed by atoms with Gasteiger partial charge in [-0.3, -0.25) is 4.79 Å². The molecule has 0 saturated heterocycles. The van der Waals surface area contributed by atoms with Crippen LogP contribution in [-0.4, -0.2) is 13.0 Å². The Labute approximate surface area is 137 Å². The van der Waals surface area contributed by atoms with Crippen LogP contribution < -0.4 is 10.6 Å². The van der Waals surface area contributed by atoms with E-state index in [9.17, 15) is 4.79 Å². The number of anilines is 1. The Bertz CT molecular complexity index is 673. The van der Waals surface area contributed by atoms with Gasteiger partial charge in [-0.05, 0) is 48.4 Å². The maximum atomic E-state index is 11.6. The summed E-state index contributed by atoms with van der Waals surface area (Å²) in [6.07, 6.45) is 0. The largest absolute Gasteiger partial charge is 0.381 e. The zero-order valence-electron chi connectivity index (χ0n) is 11.8. The molecule has 0 aromatic heterocycles. The zero-order valence-corrected chi connectivity index (χ0v) is 14.2. The van der Waals surface area contributed by atoms with Gasteiger partial charge in [0.05, 0.1) is 0 Å². The third kappa shape index (κ3) is 3.99. The Kier molecular flexibility index (Phi) is 5.26. The Morgan fingerprint density at radius 3 is 2.62 bits per heavy atom. The second-order valence-corrected chi connectivity index (χ2v) is 5.99. The first-order valence-electron chi connectivity index (χ1n) is 6.52. The van der Waals surface area contributed by atoms with Crippen molar-refractivity contribution in [3.8, 4) is 0 Å². The summed E-state index contributed by atoms with van der Waals surface area (Å²) in [5.74, 6) is -0.0786. The highest BCUT2D eigenvalue weighted by Crippen LogP contribution is 2.23. The fourth-order valence-corrected chi connectivity index (χ4v) is 2.83. The highest BCUT2D eigenvalue weighted by molar-refractivity contribution is 9.10. The lowest BCUT2D eigenvalue weighted by atomic mass is 10.1. The van der Waals surface area contributed by atoms with E-state index in [0.717, 1.165) is 21.3 Å². The van der Waals surface area contributed by atoms with E-state index in [1.807, 2.05) is 43.3 Å². The minimum absolute atomic E-state index is 0.0786. The van der Waals surface area contributed by atoms with Crippen molar-refractivity contribution in [2.75, 3.05) is 12.4 Å². The highest BCUT2D eigenvalue weighted by atomic mass is 79.9. The van der Waals surface area contributed by atoms with Crippen molar-refractivity contribution in [2.24, 2.45) is 0 Å². The van der Waals surface area contributed by atoms with E-state index in [-0.39, 0.29) is 5.91 Å². The first kappa shape index (κ1) is 15.9. The van der Waals surface area contributed by atoms with Gasteiger partial charge in [-0.2, -0.15) is 0 Å². The van der Waals surface area contributed by atoms with Gasteiger partial charge in [-0.25, -0.2) is 0 Å². The van der Waals surface area contributed by atoms with Gasteiger partial charge in [-0.15, -0.1) is 0 Å². The molecule has 0 unspecified atom stereocenters. The Morgan fingerprint density at radius 2 is 2.00 bits per heavy atom. The van der Waals surface area contributed by atoms with Gasteiger partial charge in [-0.1, -0.05) is 33.6 Å². The summed E-state index contributed by atoms with van der Waals surface area (Å²) in [6.45, 7) is 2.66. The summed E-state index contributed by atoms with van der Waals surface area (Å²) in [5, 5.41) is 6.69. The fourth-order valence-electron chi connectivity index (χ4n) is 2.00. The van der Waals surface area contributed by atoms with Gasteiger partial charge in [0.25, 0.3) is 5.91 Å². The molecule has 0 aliphatic heterocycles. The third-order valence-electron chi connectivity index (χ3n) is 3.20. The van der Waals surface area contributed by atoms with Crippen LogP contribution in [-0.2, 0) is 6.54 Å². The second kappa shape index (κ2) is 6.96. The van der Waals surface area contributed by atoms with Crippen molar-refractivity contribution in [1.82, 2.24) is 5.32 Å². The van der Waals surface area contributed by atoms with E-state index in [1.54, 1.807) is 7.05 Å². The van der Waals surface area contributed by atoms with Crippen LogP contribution in [0.2, 0.25) is 5.02 Å². The minimum Gasteiger partial charge on any atom is -0.381 e. The number of halogens is 2. The minimum atomic E-state index is -0.0786. The van der Waals surface area contributed by atoms with Crippen molar-refractivity contribution >= 4 is 39.1 Å². The van der Waals surface area contributed by atoms with Crippen LogP contribution in [0.5, 0.6) is 0 Å². The lowest BCUT2D eigenvalue weighted by molar-refractivity contribution is 0.0963. The number of carbonyl (C=O) groups is 1. The van der Waals surface area contributed by atoms with Gasteiger partial charge in [0.15, 0.2) is 0 Å². The first-order valence-corrected chi connectivity index (χ1v) is 7.69. The molecule has 21 heavy (non-hydrogen) atoms. The average molecular weight is 368 g/mol. The van der Waals surface area contributed by atoms with Gasteiger partial charge in [0.2, 0.25) is 0 Å². The number of aryl methyl sites for hydroxylation is 1. The number of hydrogen-bond acceptors (Lipinski definition) is 2. The molecule has 5 heteroatoms. The molecule has 0 saturated carbocycles. The van der Waals surface area contributed by atoms with Crippen LogP contribution in [0.4, 0.5) is 5.69 Å². The van der Waals surface area contributed by atoms with Crippen LogP contribution in [0.25, 0.3) is 0 Å². The summed E-state index contributed by atoms with van der Waals surface area (Å²) in [5.41, 5.74) is 3.81. The number of nitrogens with one attached hydrogen (secondary N) is 2. The van der Waals surface area contributed by atoms with E-state index < -0.39 is 0 Å². The van der Waals surface area contributed by atoms with Crippen molar-refractivity contribution in [2.45, 2.75) is 13.5 Å². The number of hydrogen-bond donors (Lipinski definition) is 2. The number of amides is 1. The Morgan fingerprint density at radius 1 is 1.24 bits per heavy atom. The predicted octanol–water partition coefficient (Wildman–Crippen LogP) is 4.38. The van der Waals surface area contributed by atoms with Crippen LogP contribution >= 0.6 is 27.5 Å². The quantitative estimate of drug-likeness (QED) is 0.842. The molecular weight excluding hydrogens is 352 g/mol. The Balaban J connectivity index is 2.11. The van der Waals surface area contributed by atoms with Crippen molar-refractivity contribution in [3.05, 3.63) is 62.6 Å². The molecule has 2 aromatic rings. The normalized spacial score (nSPS) is 10.3. The van der Waals surface area contributed by atoms with E-state index in [1.165, 1.54) is 0 Å². The zero-order chi connectivity index (χ0) is 15.4. The molecule has 110 valence electrons. The molecular formula is C16H16BrClN2O. The predicted molar refractivity (Wildman–Crippen MR) is 91.0 cm³/mol. The number of rotatable bonds is 4. The number of benzene rings is 2. The molecule has 2 N–H and O–H groups in total. The smallest absolute Gasteiger partial charge is 0.251 e. The summed E-state index contributed by atoms with van der Waals surface area (Å²) in [7, 11) is 1.63. The molecule has 0 aliphatic rings. The molecule has 0 heterocycles. The maximum Gasteiger partial charge on any atom is 0.251 e. The molecule has 0 fully saturated rings. The van der Waals surface area contributed by atoms with Gasteiger partial charge >= 0.3 is 0 Å². The molecule has 1 amide bonds. The highest BCUT2D eigenvalue weighted by Gasteiger charge is 2.06. The van der Waals surface area contributed by atoms with Crippen molar-refractivity contribution < 1.29 is 4.79 Å². The average Bonchev–Trinajstić information content (AvgIpc) is 2.46. The van der Waals surface area contributed by atoms with E-state index in [0.29, 0.717) is 17.1 Å². The van der Waals surface area contributed by atoms with Crippen LogP contribution in [0.3, 0.4) is 0 Å². The van der Waals surface area contributed by atoms with E-state index >= 15 is 0 Å². The van der Waals surface area contributed by atoms with Gasteiger partial charge in [0.1, 0.15) is 0 Å². The SMILES string of the molecule is CNC(=O)c1ccc(NCc2ccc(Cl)cc2Br)c(C)c1. The fraction of sp³-hybridized carbons (Fsp3) is 0.188. The van der Waals surface area contributed by atoms with E-state index in [2.05, 4.69) is 26.6 Å². The molecule has 0 bridgehead atoms. The third-order valence-corrected chi connectivity index (χ3v) is 4.17. The first-order chi connectivity index (χ1) is 10.0. The lowest BCUT2D eigenvalue weighted by Crippen LogP contribution is -2.17. The molecule has 2 rings (SSSR count). The summed E-state index contributed by atoms with van der Waals surface area (Å²) >= 11 is 9.43. The van der Waals surface area contributed by atoms with Gasteiger partial charge in [0, 0.05) is 34.3 Å². The molecule has 0 radical (unpaired) electrons. The van der Waals surface area contributed by atoms with Crippen LogP contribution in [0.15, 0.2) is 40.9 Å². The Hall–Kier alpha value is -1.52. The monoisotopic (exact) mass is 366 g/mol. The summed E-state index contributed by atoms with van der Waals surface area (Å²) in [4.78, 5) is 11.6. The van der Waals surface area contributed by atoms with Gasteiger partial charge < -0.3 is 10.6 Å². The van der Waals surface area contributed by atoms with Crippen LogP contribution in [0, 0.1) is 6.92 Å². The molecule has 0 aliphatic carbocycles. The molecule has 3 nitrogen and oxygen atoms in total. The molecule has 0 atom stereocenters. The summed E-state index contributed by atoms with van der Waals surface area (Å²) in [6, 6.07) is 11.3. The van der Waals surface area contributed by atoms with Crippen molar-refractivity contribution in [1.29, 1.82) is 0 Å². The standard InChI is InChI=1S/C16H16BrClN2O/c1-10-7-11(16(21)19-2)4-6-15(10)20-9-12-3-5-13(18)8-14(12)17/h3-8,20H,9H2,1-2H3,(H,19,21). The maximum absolute atomic E-state index is 11.6.